The third kappa shape index (κ3) is 4.12. The lowest BCUT2D eigenvalue weighted by atomic mass is 9.95. The fourth-order valence-corrected chi connectivity index (χ4v) is 4.28. The Bertz CT molecular complexity index is 1090. The molecule has 0 radical (unpaired) electrons. The van der Waals surface area contributed by atoms with Crippen LogP contribution in [0, 0.1) is 0 Å². The number of hydrogen-bond acceptors (Lipinski definition) is 7. The van der Waals surface area contributed by atoms with Crippen molar-refractivity contribution in [2.45, 2.75) is 44.3 Å². The molecule has 0 bridgehead atoms. The molecule has 1 aliphatic heterocycles. The van der Waals surface area contributed by atoms with Crippen molar-refractivity contribution in [3.63, 3.8) is 0 Å². The van der Waals surface area contributed by atoms with Crippen LogP contribution in [-0.2, 0) is 4.74 Å². The van der Waals surface area contributed by atoms with Crippen LogP contribution < -0.4 is 9.64 Å². The zero-order valence-corrected chi connectivity index (χ0v) is 17.5. The molecule has 2 aromatic heterocycles. The largest absolute Gasteiger partial charge is 0.471 e. The standard InChI is InChI=1S/C22H25F2N5O3/c23-20(24)21-25-14-5-1-2-6-15(14)29(21)18-13-19(32-17-8-4-3-7-16(17)30)27-22(26-18)28-9-11-31-12-10-28/h1-2,5-6,13,16-17,20,30H,3-4,7-12H2/t16-,17-/m0/s1. The zero-order valence-electron chi connectivity index (χ0n) is 17.5. The molecular weight excluding hydrogens is 420 g/mol. The lowest BCUT2D eigenvalue weighted by molar-refractivity contribution is 0.00446. The Morgan fingerprint density at radius 1 is 1.06 bits per heavy atom. The first-order chi connectivity index (χ1) is 15.6. The first kappa shape index (κ1) is 21.0. The molecule has 3 aromatic rings. The van der Waals surface area contributed by atoms with E-state index < -0.39 is 18.6 Å². The Morgan fingerprint density at radius 2 is 1.84 bits per heavy atom. The maximum absolute atomic E-state index is 13.9. The number of aliphatic hydroxyl groups is 1. The predicted octanol–water partition coefficient (Wildman–Crippen LogP) is 3.27. The Kier molecular flexibility index (Phi) is 5.88. The monoisotopic (exact) mass is 445 g/mol. The molecule has 0 amide bonds. The highest BCUT2D eigenvalue weighted by Crippen LogP contribution is 2.30. The summed E-state index contributed by atoms with van der Waals surface area (Å²) < 4.78 is 40.7. The molecule has 1 saturated carbocycles. The number of para-hydroxylation sites is 2. The van der Waals surface area contributed by atoms with E-state index in [-0.39, 0.29) is 17.5 Å². The Morgan fingerprint density at radius 3 is 2.62 bits per heavy atom. The van der Waals surface area contributed by atoms with Crippen LogP contribution in [0.1, 0.15) is 37.9 Å². The van der Waals surface area contributed by atoms with E-state index in [0.717, 1.165) is 12.8 Å². The van der Waals surface area contributed by atoms with Gasteiger partial charge in [0.2, 0.25) is 11.8 Å². The predicted molar refractivity (Wildman–Crippen MR) is 114 cm³/mol. The molecular formula is C22H25F2N5O3. The molecule has 1 aromatic carbocycles. The highest BCUT2D eigenvalue weighted by atomic mass is 19.3. The number of alkyl halides is 2. The molecule has 1 aliphatic carbocycles. The van der Waals surface area contributed by atoms with Gasteiger partial charge in [-0.3, -0.25) is 4.57 Å². The van der Waals surface area contributed by atoms with Crippen LogP contribution in [-0.4, -0.2) is 63.1 Å². The summed E-state index contributed by atoms with van der Waals surface area (Å²) in [6.07, 6.45) is -0.470. The van der Waals surface area contributed by atoms with Crippen molar-refractivity contribution in [1.82, 2.24) is 19.5 Å². The number of aromatic nitrogens is 4. The third-order valence-electron chi connectivity index (χ3n) is 5.92. The van der Waals surface area contributed by atoms with Crippen LogP contribution >= 0.6 is 0 Å². The SMILES string of the molecule is O[C@H]1CCCC[C@@H]1Oc1cc(-n2c(C(F)F)nc3ccccc32)nc(N2CCOCC2)n1. The molecule has 32 heavy (non-hydrogen) atoms. The second kappa shape index (κ2) is 8.95. The van der Waals surface area contributed by atoms with Crippen LogP contribution in [0.2, 0.25) is 0 Å². The first-order valence-corrected chi connectivity index (χ1v) is 10.9. The minimum atomic E-state index is -2.78. The second-order valence-electron chi connectivity index (χ2n) is 8.07. The Balaban J connectivity index is 1.61. The maximum Gasteiger partial charge on any atom is 0.296 e. The fourth-order valence-electron chi connectivity index (χ4n) is 4.28. The molecule has 2 atom stereocenters. The topological polar surface area (TPSA) is 85.5 Å². The lowest BCUT2D eigenvalue weighted by Crippen LogP contribution is -2.38. The summed E-state index contributed by atoms with van der Waals surface area (Å²) in [5.41, 5.74) is 0.984. The summed E-state index contributed by atoms with van der Waals surface area (Å²) in [7, 11) is 0. The van der Waals surface area contributed by atoms with Gasteiger partial charge in [0.05, 0.1) is 30.4 Å². The Labute approximate surface area is 183 Å². The minimum Gasteiger partial charge on any atom is -0.471 e. The molecule has 170 valence electrons. The number of hydrogen-bond donors (Lipinski definition) is 1. The molecule has 5 rings (SSSR count). The van der Waals surface area contributed by atoms with Gasteiger partial charge >= 0.3 is 0 Å². The van der Waals surface area contributed by atoms with Gasteiger partial charge in [0.1, 0.15) is 11.9 Å². The Hall–Kier alpha value is -2.85. The van der Waals surface area contributed by atoms with Crippen molar-refractivity contribution in [3.8, 4) is 11.7 Å². The highest BCUT2D eigenvalue weighted by molar-refractivity contribution is 5.78. The summed E-state index contributed by atoms with van der Waals surface area (Å²) in [6.45, 7) is 2.23. The summed E-state index contributed by atoms with van der Waals surface area (Å²) in [4.78, 5) is 15.2. The van der Waals surface area contributed by atoms with Crippen molar-refractivity contribution < 1.29 is 23.4 Å². The van der Waals surface area contributed by atoms with E-state index in [1.54, 1.807) is 30.3 Å². The quantitative estimate of drug-likeness (QED) is 0.645. The number of rotatable bonds is 5. The number of ether oxygens (including phenoxy) is 2. The van der Waals surface area contributed by atoms with E-state index in [2.05, 4.69) is 15.0 Å². The van der Waals surface area contributed by atoms with Crippen molar-refractivity contribution in [2.24, 2.45) is 0 Å². The normalized spacial score (nSPS) is 21.9. The van der Waals surface area contributed by atoms with E-state index in [1.165, 1.54) is 4.57 Å². The average Bonchev–Trinajstić information content (AvgIpc) is 3.21. The van der Waals surface area contributed by atoms with Gasteiger partial charge in [0.15, 0.2) is 5.82 Å². The van der Waals surface area contributed by atoms with E-state index in [1.807, 2.05) is 4.90 Å². The van der Waals surface area contributed by atoms with Gasteiger partial charge in [0.25, 0.3) is 6.43 Å². The van der Waals surface area contributed by atoms with Crippen LogP contribution in [0.4, 0.5) is 14.7 Å². The van der Waals surface area contributed by atoms with Crippen LogP contribution in [0.5, 0.6) is 5.88 Å². The number of nitrogens with zero attached hydrogens (tertiary/aromatic N) is 5. The lowest BCUT2D eigenvalue weighted by Gasteiger charge is -2.30. The van der Waals surface area contributed by atoms with Gasteiger partial charge in [-0.2, -0.15) is 9.97 Å². The van der Waals surface area contributed by atoms with Gasteiger partial charge in [-0.05, 0) is 31.4 Å². The number of anilines is 1. The molecule has 2 aliphatic rings. The van der Waals surface area contributed by atoms with Gasteiger partial charge in [-0.1, -0.05) is 18.6 Å². The average molecular weight is 445 g/mol. The van der Waals surface area contributed by atoms with Crippen molar-refractivity contribution >= 4 is 17.0 Å². The van der Waals surface area contributed by atoms with Crippen LogP contribution in [0.25, 0.3) is 16.9 Å². The van der Waals surface area contributed by atoms with Crippen LogP contribution in [0.3, 0.4) is 0 Å². The van der Waals surface area contributed by atoms with Crippen molar-refractivity contribution in [1.29, 1.82) is 0 Å². The molecule has 1 N–H and O–H groups in total. The third-order valence-corrected chi connectivity index (χ3v) is 5.92. The summed E-state index contributed by atoms with van der Waals surface area (Å²) in [6, 6.07) is 8.50. The maximum atomic E-state index is 13.9. The van der Waals surface area contributed by atoms with E-state index in [9.17, 15) is 13.9 Å². The molecule has 0 spiro atoms. The number of benzene rings is 1. The first-order valence-electron chi connectivity index (χ1n) is 10.9. The van der Waals surface area contributed by atoms with Crippen molar-refractivity contribution in [2.75, 3.05) is 31.2 Å². The number of fused-ring (bicyclic) bond motifs is 1. The zero-order chi connectivity index (χ0) is 22.1. The van der Waals surface area contributed by atoms with E-state index in [4.69, 9.17) is 9.47 Å². The molecule has 8 nitrogen and oxygen atoms in total. The summed E-state index contributed by atoms with van der Waals surface area (Å²) >= 11 is 0. The van der Waals surface area contributed by atoms with E-state index in [0.29, 0.717) is 56.1 Å². The van der Waals surface area contributed by atoms with Gasteiger partial charge in [-0.25, -0.2) is 13.8 Å². The van der Waals surface area contributed by atoms with Gasteiger partial charge in [0, 0.05) is 19.2 Å². The molecule has 3 heterocycles. The minimum absolute atomic E-state index is 0.250. The summed E-state index contributed by atoms with van der Waals surface area (Å²) in [5.74, 6) is 0.497. The van der Waals surface area contributed by atoms with Crippen LogP contribution in [0.15, 0.2) is 30.3 Å². The number of halogens is 2. The van der Waals surface area contributed by atoms with E-state index >= 15 is 0 Å². The number of aliphatic hydroxyl groups excluding tert-OH is 1. The molecule has 1 saturated heterocycles. The summed E-state index contributed by atoms with van der Waals surface area (Å²) in [5, 5.41) is 10.4. The fraction of sp³-hybridized carbons (Fsp3) is 0.500. The molecule has 2 fully saturated rings. The van der Waals surface area contributed by atoms with Gasteiger partial charge in [-0.15, -0.1) is 0 Å². The van der Waals surface area contributed by atoms with Crippen molar-refractivity contribution in [3.05, 3.63) is 36.2 Å². The highest BCUT2D eigenvalue weighted by Gasteiger charge is 2.27. The van der Waals surface area contributed by atoms with Gasteiger partial charge < -0.3 is 19.5 Å². The molecule has 10 heteroatoms. The second-order valence-corrected chi connectivity index (χ2v) is 8.07. The molecule has 0 unspecified atom stereocenters. The smallest absolute Gasteiger partial charge is 0.296 e. The number of morpholine rings is 1. The number of imidazole rings is 1.